The average molecular weight is 145 g/mol. The molecule has 62 valence electrons. The summed E-state index contributed by atoms with van der Waals surface area (Å²) >= 11 is 0. The van der Waals surface area contributed by atoms with Crippen molar-refractivity contribution in [3.63, 3.8) is 0 Å². The van der Waals surface area contributed by atoms with Crippen LogP contribution in [0.5, 0.6) is 0 Å². The van der Waals surface area contributed by atoms with Crippen LogP contribution in [0.1, 0.15) is 40.0 Å². The zero-order valence-corrected chi connectivity index (χ0v) is 7.22. The zero-order chi connectivity index (χ0) is 8.20. The van der Waals surface area contributed by atoms with E-state index in [1.807, 2.05) is 13.8 Å². The molecule has 0 aliphatic rings. The van der Waals surface area contributed by atoms with Gasteiger partial charge in [0, 0.05) is 6.04 Å². The Morgan fingerprint density at radius 1 is 1.50 bits per heavy atom. The van der Waals surface area contributed by atoms with E-state index < -0.39 is 5.60 Å². The fourth-order valence-electron chi connectivity index (χ4n) is 0.743. The van der Waals surface area contributed by atoms with Gasteiger partial charge >= 0.3 is 0 Å². The normalized spacial score (nSPS) is 15.3. The van der Waals surface area contributed by atoms with Gasteiger partial charge in [-0.05, 0) is 33.1 Å². The number of nitrogens with two attached hydrogens (primary N) is 1. The van der Waals surface area contributed by atoms with Gasteiger partial charge in [0.1, 0.15) is 0 Å². The monoisotopic (exact) mass is 145 g/mol. The topological polar surface area (TPSA) is 46.2 Å². The number of hydrogen-bond donors (Lipinski definition) is 2. The summed E-state index contributed by atoms with van der Waals surface area (Å²) in [7, 11) is 0. The smallest absolute Gasteiger partial charge is 0.0592 e. The first kappa shape index (κ1) is 9.92. The molecule has 0 spiro atoms. The third kappa shape index (κ3) is 6.05. The van der Waals surface area contributed by atoms with Crippen LogP contribution in [-0.2, 0) is 0 Å². The van der Waals surface area contributed by atoms with Crippen molar-refractivity contribution in [2.24, 2.45) is 5.73 Å². The molecule has 0 saturated carbocycles. The van der Waals surface area contributed by atoms with Gasteiger partial charge in [-0.25, -0.2) is 0 Å². The molecule has 0 saturated heterocycles. The second-order valence-electron chi connectivity index (χ2n) is 3.52. The third-order valence-electron chi connectivity index (χ3n) is 1.65. The van der Waals surface area contributed by atoms with Crippen molar-refractivity contribution >= 4 is 0 Å². The van der Waals surface area contributed by atoms with E-state index in [9.17, 15) is 5.11 Å². The van der Waals surface area contributed by atoms with Gasteiger partial charge in [0.15, 0.2) is 0 Å². The van der Waals surface area contributed by atoms with Crippen LogP contribution in [0.25, 0.3) is 0 Å². The molecular formula is C8H19NO. The van der Waals surface area contributed by atoms with Crippen molar-refractivity contribution in [1.29, 1.82) is 0 Å². The maximum absolute atomic E-state index is 9.31. The molecule has 0 aromatic rings. The lowest BCUT2D eigenvalue weighted by Crippen LogP contribution is -2.25. The summed E-state index contributed by atoms with van der Waals surface area (Å²) in [6, 6.07) is 0.256. The van der Waals surface area contributed by atoms with Crippen molar-refractivity contribution in [3.8, 4) is 0 Å². The van der Waals surface area contributed by atoms with Crippen LogP contribution in [0.15, 0.2) is 0 Å². The van der Waals surface area contributed by atoms with Crippen LogP contribution in [0.2, 0.25) is 0 Å². The quantitative estimate of drug-likeness (QED) is 0.626. The highest BCUT2D eigenvalue weighted by atomic mass is 16.3. The maximum Gasteiger partial charge on any atom is 0.0592 e. The van der Waals surface area contributed by atoms with Gasteiger partial charge in [-0.15, -0.1) is 0 Å². The Morgan fingerprint density at radius 3 is 2.30 bits per heavy atom. The van der Waals surface area contributed by atoms with Gasteiger partial charge < -0.3 is 10.8 Å². The van der Waals surface area contributed by atoms with Crippen LogP contribution in [0, 0.1) is 0 Å². The second-order valence-corrected chi connectivity index (χ2v) is 3.52. The molecule has 0 bridgehead atoms. The SMILES string of the molecule is CC[C@H](N)CCC(C)(C)O. The van der Waals surface area contributed by atoms with Crippen molar-refractivity contribution in [3.05, 3.63) is 0 Å². The summed E-state index contributed by atoms with van der Waals surface area (Å²) in [6.07, 6.45) is 2.71. The van der Waals surface area contributed by atoms with E-state index in [0.717, 1.165) is 19.3 Å². The number of aliphatic hydroxyl groups is 1. The standard InChI is InChI=1S/C8H19NO/c1-4-7(9)5-6-8(2,3)10/h7,10H,4-6,9H2,1-3H3/t7-/m0/s1. The molecular weight excluding hydrogens is 126 g/mol. The Hall–Kier alpha value is -0.0800. The molecule has 0 rings (SSSR count). The molecule has 2 nitrogen and oxygen atoms in total. The Bertz CT molecular complexity index is 85.7. The molecule has 0 aliphatic carbocycles. The van der Waals surface area contributed by atoms with Gasteiger partial charge in [0.25, 0.3) is 0 Å². The summed E-state index contributed by atoms with van der Waals surface area (Å²) < 4.78 is 0. The van der Waals surface area contributed by atoms with E-state index in [2.05, 4.69) is 6.92 Å². The van der Waals surface area contributed by atoms with Gasteiger partial charge in [0.2, 0.25) is 0 Å². The van der Waals surface area contributed by atoms with Crippen molar-refractivity contribution in [2.75, 3.05) is 0 Å². The first-order valence-corrected chi connectivity index (χ1v) is 3.93. The molecule has 3 N–H and O–H groups in total. The highest BCUT2D eigenvalue weighted by molar-refractivity contribution is 4.69. The van der Waals surface area contributed by atoms with Crippen LogP contribution >= 0.6 is 0 Å². The van der Waals surface area contributed by atoms with E-state index in [4.69, 9.17) is 5.73 Å². The molecule has 0 aromatic heterocycles. The lowest BCUT2D eigenvalue weighted by Gasteiger charge is -2.18. The minimum absolute atomic E-state index is 0.256. The van der Waals surface area contributed by atoms with E-state index in [1.54, 1.807) is 0 Å². The second kappa shape index (κ2) is 3.94. The van der Waals surface area contributed by atoms with Crippen LogP contribution in [-0.4, -0.2) is 16.7 Å². The predicted molar refractivity (Wildman–Crippen MR) is 43.8 cm³/mol. The van der Waals surface area contributed by atoms with E-state index in [1.165, 1.54) is 0 Å². The Morgan fingerprint density at radius 2 is 2.00 bits per heavy atom. The molecule has 0 aliphatic heterocycles. The average Bonchev–Trinajstić information content (AvgIpc) is 1.81. The molecule has 0 amide bonds. The molecule has 1 atom stereocenters. The van der Waals surface area contributed by atoms with Crippen molar-refractivity contribution in [1.82, 2.24) is 0 Å². The van der Waals surface area contributed by atoms with Gasteiger partial charge in [-0.2, -0.15) is 0 Å². The van der Waals surface area contributed by atoms with Crippen LogP contribution in [0.3, 0.4) is 0 Å². The van der Waals surface area contributed by atoms with Gasteiger partial charge in [-0.1, -0.05) is 6.92 Å². The van der Waals surface area contributed by atoms with E-state index in [0.29, 0.717) is 0 Å². The van der Waals surface area contributed by atoms with Crippen LogP contribution in [0.4, 0.5) is 0 Å². The van der Waals surface area contributed by atoms with E-state index >= 15 is 0 Å². The minimum atomic E-state index is -0.549. The lowest BCUT2D eigenvalue weighted by atomic mass is 9.99. The zero-order valence-electron chi connectivity index (χ0n) is 7.22. The maximum atomic E-state index is 9.31. The Balaban J connectivity index is 3.36. The highest BCUT2D eigenvalue weighted by Crippen LogP contribution is 2.12. The van der Waals surface area contributed by atoms with Crippen molar-refractivity contribution in [2.45, 2.75) is 51.7 Å². The number of hydrogen-bond acceptors (Lipinski definition) is 2. The first-order chi connectivity index (χ1) is 4.45. The molecule has 0 radical (unpaired) electrons. The summed E-state index contributed by atoms with van der Waals surface area (Å²) in [5.74, 6) is 0. The first-order valence-electron chi connectivity index (χ1n) is 3.93. The summed E-state index contributed by atoms with van der Waals surface area (Å²) in [4.78, 5) is 0. The molecule has 0 aromatic carbocycles. The summed E-state index contributed by atoms with van der Waals surface area (Å²) in [6.45, 7) is 5.69. The fraction of sp³-hybridized carbons (Fsp3) is 1.00. The summed E-state index contributed by atoms with van der Waals surface area (Å²) in [5.41, 5.74) is 5.12. The number of rotatable bonds is 4. The molecule has 0 fully saturated rings. The fourth-order valence-corrected chi connectivity index (χ4v) is 0.743. The lowest BCUT2D eigenvalue weighted by molar-refractivity contribution is 0.0666. The molecule has 0 heterocycles. The molecule has 0 unspecified atom stereocenters. The van der Waals surface area contributed by atoms with Crippen molar-refractivity contribution < 1.29 is 5.11 Å². The largest absolute Gasteiger partial charge is 0.390 e. The Labute approximate surface area is 63.4 Å². The van der Waals surface area contributed by atoms with Crippen LogP contribution < -0.4 is 5.73 Å². The highest BCUT2D eigenvalue weighted by Gasteiger charge is 2.13. The summed E-state index contributed by atoms with van der Waals surface area (Å²) in [5, 5.41) is 9.31. The molecule has 2 heteroatoms. The predicted octanol–water partition coefficient (Wildman–Crippen LogP) is 1.27. The van der Waals surface area contributed by atoms with Gasteiger partial charge in [-0.3, -0.25) is 0 Å². The van der Waals surface area contributed by atoms with Gasteiger partial charge in [0.05, 0.1) is 5.60 Å². The van der Waals surface area contributed by atoms with E-state index in [-0.39, 0.29) is 6.04 Å². The molecule has 10 heavy (non-hydrogen) atoms. The third-order valence-corrected chi connectivity index (χ3v) is 1.65. The minimum Gasteiger partial charge on any atom is -0.390 e. The Kier molecular flexibility index (Phi) is 3.91.